The highest BCUT2D eigenvalue weighted by molar-refractivity contribution is 5.80. The van der Waals surface area contributed by atoms with Gasteiger partial charge in [0.25, 0.3) is 0 Å². The Morgan fingerprint density at radius 2 is 1.88 bits per heavy atom. The molecule has 1 rings (SSSR count). The number of hydrogen-bond acceptors (Lipinski definition) is 3. The molecule has 0 aromatic rings. The molecule has 0 saturated carbocycles. The van der Waals surface area contributed by atoms with Crippen molar-refractivity contribution < 1.29 is 18.0 Å². The SMILES string of the molecule is NC1CCN(CC(=O)CCC(F)(F)F)CC1. The maximum Gasteiger partial charge on any atom is 0.389 e. The molecule has 0 bridgehead atoms. The van der Waals surface area contributed by atoms with E-state index in [9.17, 15) is 18.0 Å². The Hall–Kier alpha value is -0.620. The van der Waals surface area contributed by atoms with Crippen molar-refractivity contribution in [1.82, 2.24) is 4.90 Å². The summed E-state index contributed by atoms with van der Waals surface area (Å²) in [5.41, 5.74) is 5.68. The molecule has 1 heterocycles. The zero-order valence-electron chi connectivity index (χ0n) is 9.09. The van der Waals surface area contributed by atoms with E-state index in [0.717, 1.165) is 12.8 Å². The van der Waals surface area contributed by atoms with Crippen molar-refractivity contribution in [2.24, 2.45) is 5.73 Å². The van der Waals surface area contributed by atoms with Crippen molar-refractivity contribution in [2.45, 2.75) is 37.9 Å². The maximum atomic E-state index is 11.9. The number of nitrogens with two attached hydrogens (primary N) is 1. The lowest BCUT2D eigenvalue weighted by molar-refractivity contribution is -0.143. The molecular formula is C10H17F3N2O. The molecule has 94 valence electrons. The van der Waals surface area contributed by atoms with Crippen LogP contribution in [0.25, 0.3) is 0 Å². The maximum absolute atomic E-state index is 11.9. The summed E-state index contributed by atoms with van der Waals surface area (Å²) in [6.07, 6.45) is -4.04. The minimum absolute atomic E-state index is 0.128. The number of alkyl halides is 3. The van der Waals surface area contributed by atoms with Crippen molar-refractivity contribution in [3.05, 3.63) is 0 Å². The molecule has 0 atom stereocenters. The summed E-state index contributed by atoms with van der Waals surface area (Å²) >= 11 is 0. The largest absolute Gasteiger partial charge is 0.389 e. The van der Waals surface area contributed by atoms with Crippen LogP contribution in [0.2, 0.25) is 0 Å². The van der Waals surface area contributed by atoms with Crippen LogP contribution in [0.1, 0.15) is 25.7 Å². The smallest absolute Gasteiger partial charge is 0.328 e. The second-order valence-electron chi connectivity index (χ2n) is 4.27. The van der Waals surface area contributed by atoms with Crippen LogP contribution in [0.3, 0.4) is 0 Å². The second kappa shape index (κ2) is 5.63. The van der Waals surface area contributed by atoms with Crippen LogP contribution in [0, 0.1) is 0 Å². The van der Waals surface area contributed by atoms with Gasteiger partial charge >= 0.3 is 6.18 Å². The molecular weight excluding hydrogens is 221 g/mol. The lowest BCUT2D eigenvalue weighted by atomic mass is 10.1. The third kappa shape index (κ3) is 5.46. The van der Waals surface area contributed by atoms with Crippen LogP contribution in [0.5, 0.6) is 0 Å². The molecule has 2 N–H and O–H groups in total. The minimum Gasteiger partial charge on any atom is -0.328 e. The molecule has 0 aromatic carbocycles. The third-order valence-corrected chi connectivity index (χ3v) is 2.72. The number of carbonyl (C=O) groups is 1. The fourth-order valence-corrected chi connectivity index (χ4v) is 1.72. The van der Waals surface area contributed by atoms with E-state index in [1.165, 1.54) is 0 Å². The average molecular weight is 238 g/mol. The van der Waals surface area contributed by atoms with Crippen molar-refractivity contribution in [3.8, 4) is 0 Å². The van der Waals surface area contributed by atoms with E-state index in [-0.39, 0.29) is 18.4 Å². The molecule has 0 radical (unpaired) electrons. The molecule has 1 saturated heterocycles. The number of piperidine rings is 1. The number of hydrogen-bond donors (Lipinski definition) is 1. The number of Topliss-reactive ketones (excluding diaryl/α,β-unsaturated/α-hetero) is 1. The van der Waals surface area contributed by atoms with Gasteiger partial charge in [-0.1, -0.05) is 0 Å². The monoisotopic (exact) mass is 238 g/mol. The summed E-state index contributed by atoms with van der Waals surface area (Å²) in [5.74, 6) is -0.340. The summed E-state index contributed by atoms with van der Waals surface area (Å²) in [5, 5.41) is 0. The van der Waals surface area contributed by atoms with Gasteiger partial charge in [0.15, 0.2) is 0 Å². The Morgan fingerprint density at radius 3 is 2.38 bits per heavy atom. The van der Waals surface area contributed by atoms with Crippen molar-refractivity contribution in [2.75, 3.05) is 19.6 Å². The lowest BCUT2D eigenvalue weighted by Gasteiger charge is -2.29. The Bertz CT molecular complexity index is 235. The molecule has 0 unspecified atom stereocenters. The summed E-state index contributed by atoms with van der Waals surface area (Å²) in [7, 11) is 0. The number of nitrogens with zero attached hydrogens (tertiary/aromatic N) is 1. The quantitative estimate of drug-likeness (QED) is 0.803. The Labute approximate surface area is 92.8 Å². The lowest BCUT2D eigenvalue weighted by Crippen LogP contribution is -2.42. The van der Waals surface area contributed by atoms with Gasteiger partial charge in [0.2, 0.25) is 0 Å². The Morgan fingerprint density at radius 1 is 1.31 bits per heavy atom. The van der Waals surface area contributed by atoms with Gasteiger partial charge in [-0.25, -0.2) is 0 Å². The van der Waals surface area contributed by atoms with E-state index in [2.05, 4.69) is 0 Å². The van der Waals surface area contributed by atoms with Crippen LogP contribution < -0.4 is 5.73 Å². The van der Waals surface area contributed by atoms with Gasteiger partial charge in [-0.2, -0.15) is 13.2 Å². The number of ketones is 1. The molecule has 0 spiro atoms. The van der Waals surface area contributed by atoms with Gasteiger partial charge in [0, 0.05) is 25.6 Å². The summed E-state index contributed by atoms with van der Waals surface area (Å²) in [6.45, 7) is 1.54. The molecule has 3 nitrogen and oxygen atoms in total. The molecule has 0 aromatic heterocycles. The van der Waals surface area contributed by atoms with Crippen LogP contribution in [0.4, 0.5) is 13.2 Å². The number of carbonyl (C=O) groups excluding carboxylic acids is 1. The van der Waals surface area contributed by atoms with E-state index < -0.39 is 19.0 Å². The summed E-state index contributed by atoms with van der Waals surface area (Å²) in [6, 6.07) is 0.168. The molecule has 0 aliphatic carbocycles. The molecule has 1 aliphatic rings. The zero-order chi connectivity index (χ0) is 12.2. The molecule has 6 heteroatoms. The summed E-state index contributed by atoms with van der Waals surface area (Å²) in [4.78, 5) is 13.1. The van der Waals surface area contributed by atoms with E-state index >= 15 is 0 Å². The van der Waals surface area contributed by atoms with Crippen LogP contribution in [0.15, 0.2) is 0 Å². The molecule has 1 fully saturated rings. The Balaban J connectivity index is 2.19. The van der Waals surface area contributed by atoms with Crippen LogP contribution >= 0.6 is 0 Å². The fraction of sp³-hybridized carbons (Fsp3) is 0.900. The predicted molar refractivity (Wildman–Crippen MR) is 53.9 cm³/mol. The van der Waals surface area contributed by atoms with E-state index in [4.69, 9.17) is 5.73 Å². The van der Waals surface area contributed by atoms with Crippen LogP contribution in [-0.2, 0) is 4.79 Å². The number of halogens is 3. The standard InChI is InChI=1S/C10H17F3N2O/c11-10(12,13)4-1-9(16)7-15-5-2-8(14)3-6-15/h8H,1-7,14H2. The van der Waals surface area contributed by atoms with E-state index in [1.807, 2.05) is 4.90 Å². The number of rotatable bonds is 4. The average Bonchev–Trinajstić information content (AvgIpc) is 2.18. The molecule has 16 heavy (non-hydrogen) atoms. The van der Waals surface area contributed by atoms with Gasteiger partial charge in [-0.3, -0.25) is 9.69 Å². The summed E-state index contributed by atoms with van der Waals surface area (Å²) < 4.78 is 35.6. The first-order valence-electron chi connectivity index (χ1n) is 5.43. The molecule has 1 aliphatic heterocycles. The normalized spacial score (nSPS) is 20.0. The topological polar surface area (TPSA) is 46.3 Å². The van der Waals surface area contributed by atoms with E-state index in [1.54, 1.807) is 0 Å². The van der Waals surface area contributed by atoms with Gasteiger partial charge in [-0.15, -0.1) is 0 Å². The predicted octanol–water partition coefficient (Wildman–Crippen LogP) is 1.32. The van der Waals surface area contributed by atoms with E-state index in [0.29, 0.717) is 13.1 Å². The number of likely N-dealkylation sites (tertiary alicyclic amines) is 1. The highest BCUT2D eigenvalue weighted by Crippen LogP contribution is 2.21. The highest BCUT2D eigenvalue weighted by atomic mass is 19.4. The van der Waals surface area contributed by atoms with Crippen molar-refractivity contribution >= 4 is 5.78 Å². The van der Waals surface area contributed by atoms with Gasteiger partial charge in [0.05, 0.1) is 13.0 Å². The van der Waals surface area contributed by atoms with Gasteiger partial charge in [0.1, 0.15) is 5.78 Å². The fourth-order valence-electron chi connectivity index (χ4n) is 1.72. The van der Waals surface area contributed by atoms with Crippen molar-refractivity contribution in [3.63, 3.8) is 0 Å². The van der Waals surface area contributed by atoms with Crippen molar-refractivity contribution in [1.29, 1.82) is 0 Å². The first kappa shape index (κ1) is 13.4. The Kier molecular flexibility index (Phi) is 4.73. The zero-order valence-corrected chi connectivity index (χ0v) is 9.09. The van der Waals surface area contributed by atoms with Crippen LogP contribution in [-0.4, -0.2) is 42.5 Å². The second-order valence-corrected chi connectivity index (χ2v) is 4.27. The minimum atomic E-state index is -4.24. The van der Waals surface area contributed by atoms with Gasteiger partial charge in [-0.05, 0) is 12.8 Å². The van der Waals surface area contributed by atoms with Gasteiger partial charge < -0.3 is 5.73 Å². The molecule has 0 amide bonds. The third-order valence-electron chi connectivity index (χ3n) is 2.72. The first-order chi connectivity index (χ1) is 7.37. The first-order valence-corrected chi connectivity index (χ1v) is 5.43. The highest BCUT2D eigenvalue weighted by Gasteiger charge is 2.28.